The predicted octanol–water partition coefficient (Wildman–Crippen LogP) is 2.63. The van der Waals surface area contributed by atoms with Crippen LogP contribution in [0.3, 0.4) is 0 Å². The summed E-state index contributed by atoms with van der Waals surface area (Å²) in [6, 6.07) is 16.9. The maximum atomic E-state index is 9.02. The number of aliphatic hydroxyl groups is 1. The van der Waals surface area contributed by atoms with Gasteiger partial charge in [0.2, 0.25) is 0 Å². The van der Waals surface area contributed by atoms with Gasteiger partial charge in [-0.1, -0.05) is 36.4 Å². The summed E-state index contributed by atoms with van der Waals surface area (Å²) in [5, 5.41) is 18.0. The van der Waals surface area contributed by atoms with Crippen molar-refractivity contribution >= 4 is 0 Å². The predicted molar refractivity (Wildman–Crippen MR) is 67.9 cm³/mol. The Kier molecular flexibility index (Phi) is 3.95. The second kappa shape index (κ2) is 5.85. The van der Waals surface area contributed by atoms with Crippen molar-refractivity contribution in [3.63, 3.8) is 0 Å². The molecule has 18 heavy (non-hydrogen) atoms. The van der Waals surface area contributed by atoms with Crippen LogP contribution in [0.1, 0.15) is 16.7 Å². The van der Waals surface area contributed by atoms with Crippen LogP contribution in [0, 0.1) is 11.3 Å². The highest BCUT2D eigenvalue weighted by molar-refractivity contribution is 5.45. The summed E-state index contributed by atoms with van der Waals surface area (Å²) in [5.74, 6) is 0.540. The molecule has 0 unspecified atom stereocenters. The molecule has 0 spiro atoms. The molecule has 0 aliphatic rings. The molecule has 0 aliphatic heterocycles. The molecule has 0 saturated carbocycles. The average Bonchev–Trinajstić information content (AvgIpc) is 2.46. The third-order valence-electron chi connectivity index (χ3n) is 2.58. The van der Waals surface area contributed by atoms with Crippen molar-refractivity contribution in [2.24, 2.45) is 0 Å². The summed E-state index contributed by atoms with van der Waals surface area (Å²) in [6.07, 6.45) is 0. The molecule has 0 bridgehead atoms. The Hall–Kier alpha value is -2.31. The SMILES string of the molecule is N#Cc1cc(CO)ccc1OCc1ccccc1. The smallest absolute Gasteiger partial charge is 0.137 e. The highest BCUT2D eigenvalue weighted by Gasteiger charge is 2.04. The second-order valence-electron chi connectivity index (χ2n) is 3.87. The van der Waals surface area contributed by atoms with Crippen molar-refractivity contribution in [1.29, 1.82) is 5.26 Å². The molecule has 3 nitrogen and oxygen atoms in total. The largest absolute Gasteiger partial charge is 0.488 e. The third kappa shape index (κ3) is 2.88. The summed E-state index contributed by atoms with van der Waals surface area (Å²) in [5.41, 5.74) is 2.20. The normalized spacial score (nSPS) is 9.78. The first kappa shape index (κ1) is 12.2. The highest BCUT2D eigenvalue weighted by Crippen LogP contribution is 2.20. The molecular weight excluding hydrogens is 226 g/mol. The van der Waals surface area contributed by atoms with Crippen LogP contribution in [0.25, 0.3) is 0 Å². The van der Waals surface area contributed by atoms with Gasteiger partial charge in [0.15, 0.2) is 0 Å². The van der Waals surface area contributed by atoms with Gasteiger partial charge in [-0.25, -0.2) is 0 Å². The van der Waals surface area contributed by atoms with Crippen LogP contribution in [-0.4, -0.2) is 5.11 Å². The van der Waals surface area contributed by atoms with Crippen molar-refractivity contribution in [2.45, 2.75) is 13.2 Å². The minimum Gasteiger partial charge on any atom is -0.488 e. The van der Waals surface area contributed by atoms with Gasteiger partial charge < -0.3 is 9.84 Å². The van der Waals surface area contributed by atoms with Gasteiger partial charge in [0.25, 0.3) is 0 Å². The average molecular weight is 239 g/mol. The van der Waals surface area contributed by atoms with Gasteiger partial charge in [0, 0.05) is 0 Å². The molecular formula is C15H13NO2. The van der Waals surface area contributed by atoms with Crippen LogP contribution in [0.15, 0.2) is 48.5 Å². The molecule has 3 heteroatoms. The first-order chi connectivity index (χ1) is 8.83. The lowest BCUT2D eigenvalue weighted by Gasteiger charge is -2.08. The molecule has 0 aromatic heterocycles. The zero-order valence-electron chi connectivity index (χ0n) is 9.84. The van der Waals surface area contributed by atoms with Gasteiger partial charge in [0.1, 0.15) is 18.4 Å². The van der Waals surface area contributed by atoms with E-state index in [4.69, 9.17) is 15.1 Å². The van der Waals surface area contributed by atoms with Gasteiger partial charge in [-0.3, -0.25) is 0 Å². The summed E-state index contributed by atoms with van der Waals surface area (Å²) >= 11 is 0. The standard InChI is InChI=1S/C15H13NO2/c16-9-14-8-13(10-17)6-7-15(14)18-11-12-4-2-1-3-5-12/h1-8,17H,10-11H2. The Morgan fingerprint density at radius 3 is 2.50 bits per heavy atom. The number of hydrogen-bond donors (Lipinski definition) is 1. The topological polar surface area (TPSA) is 53.2 Å². The molecule has 2 aromatic carbocycles. The first-order valence-electron chi connectivity index (χ1n) is 5.64. The van der Waals surface area contributed by atoms with Gasteiger partial charge in [-0.05, 0) is 23.3 Å². The van der Waals surface area contributed by atoms with Crippen molar-refractivity contribution in [3.05, 3.63) is 65.2 Å². The lowest BCUT2D eigenvalue weighted by Crippen LogP contribution is -1.98. The van der Waals surface area contributed by atoms with E-state index in [1.54, 1.807) is 18.2 Å². The van der Waals surface area contributed by atoms with E-state index in [9.17, 15) is 0 Å². The summed E-state index contributed by atoms with van der Waals surface area (Å²) < 4.78 is 5.61. The van der Waals surface area contributed by atoms with E-state index in [0.717, 1.165) is 5.56 Å². The number of hydrogen-bond acceptors (Lipinski definition) is 3. The molecule has 1 N–H and O–H groups in total. The van der Waals surface area contributed by atoms with E-state index in [1.165, 1.54) is 0 Å². The number of aliphatic hydroxyl groups excluding tert-OH is 1. The molecule has 90 valence electrons. The molecule has 0 fully saturated rings. The minimum absolute atomic E-state index is 0.0757. The van der Waals surface area contributed by atoms with Crippen LogP contribution in [0.4, 0.5) is 0 Å². The maximum absolute atomic E-state index is 9.02. The van der Waals surface area contributed by atoms with Crippen LogP contribution >= 0.6 is 0 Å². The summed E-state index contributed by atoms with van der Waals surface area (Å²) in [4.78, 5) is 0. The van der Waals surface area contributed by atoms with E-state index in [-0.39, 0.29) is 6.61 Å². The lowest BCUT2D eigenvalue weighted by molar-refractivity contribution is 0.280. The quantitative estimate of drug-likeness (QED) is 0.892. The Bertz CT molecular complexity index is 558. The van der Waals surface area contributed by atoms with E-state index in [2.05, 4.69) is 6.07 Å². The molecule has 0 aliphatic carbocycles. The third-order valence-corrected chi connectivity index (χ3v) is 2.58. The number of ether oxygens (including phenoxy) is 1. The first-order valence-corrected chi connectivity index (χ1v) is 5.64. The number of benzene rings is 2. The van der Waals surface area contributed by atoms with Crippen LogP contribution in [0.2, 0.25) is 0 Å². The molecule has 0 saturated heterocycles. The number of nitrogens with zero attached hydrogens (tertiary/aromatic N) is 1. The zero-order valence-corrected chi connectivity index (χ0v) is 9.84. The Balaban J connectivity index is 2.12. The Morgan fingerprint density at radius 1 is 1.06 bits per heavy atom. The lowest BCUT2D eigenvalue weighted by atomic mass is 10.1. The maximum Gasteiger partial charge on any atom is 0.137 e. The molecule has 0 amide bonds. The Labute approximate surface area is 106 Å². The van der Waals surface area contributed by atoms with Crippen LogP contribution in [-0.2, 0) is 13.2 Å². The van der Waals surface area contributed by atoms with Crippen LogP contribution in [0.5, 0.6) is 5.75 Å². The molecule has 0 atom stereocenters. The Morgan fingerprint density at radius 2 is 1.83 bits per heavy atom. The van der Waals surface area contributed by atoms with E-state index in [0.29, 0.717) is 23.5 Å². The number of rotatable bonds is 4. The van der Waals surface area contributed by atoms with Crippen molar-refractivity contribution in [1.82, 2.24) is 0 Å². The summed E-state index contributed by atoms with van der Waals surface area (Å²) in [7, 11) is 0. The second-order valence-corrected chi connectivity index (χ2v) is 3.87. The van der Waals surface area contributed by atoms with Gasteiger partial charge in [-0.2, -0.15) is 5.26 Å². The van der Waals surface area contributed by atoms with Crippen LogP contribution < -0.4 is 4.74 Å². The zero-order chi connectivity index (χ0) is 12.8. The number of nitriles is 1. The summed E-state index contributed by atoms with van der Waals surface area (Å²) in [6.45, 7) is 0.349. The molecule has 0 radical (unpaired) electrons. The molecule has 2 rings (SSSR count). The fraction of sp³-hybridized carbons (Fsp3) is 0.133. The molecule has 0 heterocycles. The fourth-order valence-electron chi connectivity index (χ4n) is 1.62. The highest BCUT2D eigenvalue weighted by atomic mass is 16.5. The van der Waals surface area contributed by atoms with Crippen molar-refractivity contribution in [3.8, 4) is 11.8 Å². The van der Waals surface area contributed by atoms with Gasteiger partial charge in [0.05, 0.1) is 12.2 Å². The van der Waals surface area contributed by atoms with Crippen molar-refractivity contribution in [2.75, 3.05) is 0 Å². The van der Waals surface area contributed by atoms with Crippen molar-refractivity contribution < 1.29 is 9.84 Å². The fourth-order valence-corrected chi connectivity index (χ4v) is 1.62. The minimum atomic E-state index is -0.0757. The molecule has 2 aromatic rings. The monoisotopic (exact) mass is 239 g/mol. The van der Waals surface area contributed by atoms with E-state index in [1.807, 2.05) is 30.3 Å². The van der Waals surface area contributed by atoms with E-state index >= 15 is 0 Å². The van der Waals surface area contributed by atoms with E-state index < -0.39 is 0 Å². The van der Waals surface area contributed by atoms with Gasteiger partial charge in [-0.15, -0.1) is 0 Å². The van der Waals surface area contributed by atoms with Gasteiger partial charge >= 0.3 is 0 Å².